The summed E-state index contributed by atoms with van der Waals surface area (Å²) in [5.41, 5.74) is 8.90. The molecule has 0 N–H and O–H groups in total. The van der Waals surface area contributed by atoms with Gasteiger partial charge in [0.1, 0.15) is 11.2 Å². The molecule has 0 fully saturated rings. The van der Waals surface area contributed by atoms with E-state index in [1.807, 2.05) is 24.3 Å². The van der Waals surface area contributed by atoms with E-state index in [1.165, 1.54) is 49.2 Å². The van der Waals surface area contributed by atoms with Crippen LogP contribution in [-0.2, 0) is 0 Å². The minimum Gasteiger partial charge on any atom is -0.456 e. The minimum atomic E-state index is -0.408. The fourth-order valence-electron chi connectivity index (χ4n) is 7.46. The molecular weight excluding hydrogens is 569 g/mol. The minimum absolute atomic E-state index is 0.158. The summed E-state index contributed by atoms with van der Waals surface area (Å²) in [6.45, 7) is 0. The van der Waals surface area contributed by atoms with E-state index in [0.29, 0.717) is 11.1 Å². The largest absolute Gasteiger partial charge is 0.456 e. The second kappa shape index (κ2) is 10.2. The molecule has 0 saturated carbocycles. The Hall–Kier alpha value is -6.18. The molecule has 0 aliphatic carbocycles. The van der Waals surface area contributed by atoms with Crippen molar-refractivity contribution in [2.75, 3.05) is 0 Å². The Morgan fingerprint density at radius 1 is 0.362 bits per heavy atom. The topological polar surface area (TPSA) is 13.1 Å². The van der Waals surface area contributed by atoms with Crippen LogP contribution in [0.5, 0.6) is 0 Å². The van der Waals surface area contributed by atoms with Gasteiger partial charge < -0.3 is 4.42 Å². The Kier molecular flexibility index (Phi) is 4.66. The number of furan rings is 1. The molecule has 1 aromatic heterocycles. The van der Waals surface area contributed by atoms with Crippen LogP contribution in [0.4, 0.5) is 0 Å². The normalized spacial score (nSPS) is 13.3. The molecule has 218 valence electrons. The van der Waals surface area contributed by atoms with Crippen molar-refractivity contribution in [1.29, 1.82) is 0 Å². The van der Waals surface area contributed by atoms with Gasteiger partial charge in [0, 0.05) is 10.8 Å². The first kappa shape index (κ1) is 21.5. The zero-order valence-electron chi connectivity index (χ0n) is 30.2. The molecule has 0 bridgehead atoms. The van der Waals surface area contributed by atoms with Gasteiger partial charge in [-0.2, -0.15) is 0 Å². The van der Waals surface area contributed by atoms with Crippen molar-refractivity contribution < 1.29 is 11.3 Å². The van der Waals surface area contributed by atoms with Gasteiger partial charge in [-0.25, -0.2) is 0 Å². The van der Waals surface area contributed by atoms with Gasteiger partial charge in [-0.05, 0) is 95.0 Å². The van der Waals surface area contributed by atoms with E-state index in [2.05, 4.69) is 109 Å². The molecule has 9 aromatic carbocycles. The predicted molar refractivity (Wildman–Crippen MR) is 199 cm³/mol. The van der Waals surface area contributed by atoms with E-state index in [-0.39, 0.29) is 29.7 Å². The molecule has 0 saturated heterocycles. The zero-order valence-corrected chi connectivity index (χ0v) is 25.2. The molecule has 10 rings (SSSR count). The Labute approximate surface area is 279 Å². The summed E-state index contributed by atoms with van der Waals surface area (Å²) in [6.07, 6.45) is 0. The third-order valence-corrected chi connectivity index (χ3v) is 9.54. The fraction of sp³-hybridized carbons (Fsp3) is 0. The maximum absolute atomic E-state index is 8.51. The summed E-state index contributed by atoms with van der Waals surface area (Å²) in [5.74, 6) is 0. The van der Waals surface area contributed by atoms with Crippen molar-refractivity contribution in [1.82, 2.24) is 0 Å². The molecule has 1 nitrogen and oxygen atoms in total. The average molecular weight is 602 g/mol. The third kappa shape index (κ3) is 3.97. The number of rotatable bonds is 4. The summed E-state index contributed by atoms with van der Waals surface area (Å²) in [6, 6.07) is 47.1. The van der Waals surface area contributed by atoms with Crippen LogP contribution in [0.1, 0.15) is 6.85 Å². The highest BCUT2D eigenvalue weighted by Crippen LogP contribution is 2.46. The van der Waals surface area contributed by atoms with Gasteiger partial charge in [-0.3, -0.25) is 0 Å². The average Bonchev–Trinajstić information content (AvgIpc) is 3.57. The predicted octanol–water partition coefficient (Wildman–Crippen LogP) is 13.2. The lowest BCUT2D eigenvalue weighted by Crippen LogP contribution is -1.91. The van der Waals surface area contributed by atoms with Crippen molar-refractivity contribution in [3.8, 4) is 44.5 Å². The van der Waals surface area contributed by atoms with Crippen LogP contribution in [0, 0.1) is 0 Å². The molecule has 10 aromatic rings. The van der Waals surface area contributed by atoms with Crippen molar-refractivity contribution >= 4 is 54.3 Å². The second-order valence-corrected chi connectivity index (χ2v) is 12.1. The van der Waals surface area contributed by atoms with Gasteiger partial charge in [0.2, 0.25) is 0 Å². The lowest BCUT2D eigenvalue weighted by atomic mass is 9.85. The lowest BCUT2D eigenvalue weighted by Gasteiger charge is -2.18. The molecule has 0 aliphatic rings. The number of benzene rings is 9. The molecule has 1 heterocycles. The van der Waals surface area contributed by atoms with Crippen LogP contribution in [-0.4, -0.2) is 0 Å². The molecule has 0 aliphatic heterocycles. The zero-order chi connectivity index (χ0) is 35.2. The van der Waals surface area contributed by atoms with Gasteiger partial charge in [0.15, 0.2) is 0 Å². The van der Waals surface area contributed by atoms with Gasteiger partial charge in [-0.15, -0.1) is 0 Å². The molecule has 0 atom stereocenters. The Morgan fingerprint density at radius 3 is 1.72 bits per heavy atom. The molecule has 0 amide bonds. The first-order valence-corrected chi connectivity index (χ1v) is 15.8. The maximum atomic E-state index is 8.51. The number of hydrogen-bond acceptors (Lipinski definition) is 1. The quantitative estimate of drug-likeness (QED) is 0.183. The third-order valence-electron chi connectivity index (χ3n) is 9.54. The summed E-state index contributed by atoms with van der Waals surface area (Å²) in [7, 11) is 0. The van der Waals surface area contributed by atoms with E-state index in [4.69, 9.17) is 11.3 Å². The molecule has 0 unspecified atom stereocenters. The van der Waals surface area contributed by atoms with Crippen molar-refractivity contribution in [3.63, 3.8) is 0 Å². The van der Waals surface area contributed by atoms with E-state index in [9.17, 15) is 0 Å². The second-order valence-electron chi connectivity index (χ2n) is 12.1. The highest BCUT2D eigenvalue weighted by molar-refractivity contribution is 6.29. The lowest BCUT2D eigenvalue weighted by molar-refractivity contribution is 0.669. The summed E-state index contributed by atoms with van der Waals surface area (Å²) < 4.78 is 47.8. The fourth-order valence-corrected chi connectivity index (χ4v) is 7.46. The Balaban J connectivity index is 1.19. The number of hydrogen-bond donors (Lipinski definition) is 0. The smallest absolute Gasteiger partial charge is 0.136 e. The van der Waals surface area contributed by atoms with Crippen molar-refractivity contribution in [2.45, 2.75) is 0 Å². The van der Waals surface area contributed by atoms with Crippen LogP contribution in [0.15, 0.2) is 174 Å². The summed E-state index contributed by atoms with van der Waals surface area (Å²) in [5, 5.41) is 9.07. The van der Waals surface area contributed by atoms with E-state index >= 15 is 0 Å². The van der Waals surface area contributed by atoms with Crippen LogP contribution >= 0.6 is 0 Å². The SMILES string of the molecule is [2H]c1c([2H])c([2H])c(-c2ccc3c(c2)oc2cccc(-c4ccc5ccc6c(-c7ccccc7-c7ccccc7)ccc7ccc4c5c76)c23)c([2H])c1[2H]. The highest BCUT2D eigenvalue weighted by Gasteiger charge is 2.19. The van der Waals surface area contributed by atoms with Gasteiger partial charge in [0.25, 0.3) is 0 Å². The summed E-state index contributed by atoms with van der Waals surface area (Å²) in [4.78, 5) is 0. The molecule has 47 heavy (non-hydrogen) atoms. The molecule has 0 spiro atoms. The van der Waals surface area contributed by atoms with E-state index < -0.39 is 6.04 Å². The Bertz CT molecular complexity index is 3040. The van der Waals surface area contributed by atoms with E-state index in [0.717, 1.165) is 32.9 Å². The summed E-state index contributed by atoms with van der Waals surface area (Å²) >= 11 is 0. The molecule has 1 heteroatoms. The van der Waals surface area contributed by atoms with Crippen molar-refractivity contribution in [2.24, 2.45) is 0 Å². The first-order chi connectivity index (χ1) is 25.4. The highest BCUT2D eigenvalue weighted by atomic mass is 16.3. The van der Waals surface area contributed by atoms with Crippen LogP contribution < -0.4 is 0 Å². The maximum Gasteiger partial charge on any atom is 0.136 e. The van der Waals surface area contributed by atoms with Gasteiger partial charge in [-0.1, -0.05) is 152 Å². The van der Waals surface area contributed by atoms with Gasteiger partial charge in [0.05, 0.1) is 6.85 Å². The van der Waals surface area contributed by atoms with Gasteiger partial charge >= 0.3 is 0 Å². The Morgan fingerprint density at radius 2 is 0.979 bits per heavy atom. The standard InChI is InChI=1S/C46H28O/c1-3-10-29(11-4-1)33-22-27-41-43(28-33)47-42-17-9-16-38(46(41)42)37-24-19-32-20-25-39-36(23-18-31-21-26-40(37)45(32)44(31)39)35-15-8-7-14-34(35)30-12-5-2-6-13-30/h1-28H/i1D,3D,4D,10D,11D. The monoisotopic (exact) mass is 601 g/mol. The van der Waals surface area contributed by atoms with Crippen LogP contribution in [0.3, 0.4) is 0 Å². The molecular formula is C46H28O. The molecule has 0 radical (unpaired) electrons. The van der Waals surface area contributed by atoms with Crippen LogP contribution in [0.2, 0.25) is 0 Å². The number of fused-ring (bicyclic) bond motifs is 3. The first-order valence-electron chi connectivity index (χ1n) is 18.3. The van der Waals surface area contributed by atoms with E-state index in [1.54, 1.807) is 6.07 Å². The van der Waals surface area contributed by atoms with Crippen LogP contribution in [0.25, 0.3) is 98.8 Å². The van der Waals surface area contributed by atoms with Crippen molar-refractivity contribution in [3.05, 3.63) is 170 Å².